The van der Waals surface area contributed by atoms with Crippen LogP contribution in [0.3, 0.4) is 0 Å². The van der Waals surface area contributed by atoms with E-state index in [9.17, 15) is 5.11 Å². The van der Waals surface area contributed by atoms with Crippen LogP contribution in [0.15, 0.2) is 42.5 Å². The summed E-state index contributed by atoms with van der Waals surface area (Å²) in [6.07, 6.45) is 0. The minimum atomic E-state index is 0.0937. The normalized spacial score (nSPS) is 10.6. The van der Waals surface area contributed by atoms with Gasteiger partial charge < -0.3 is 24.1 Å². The van der Waals surface area contributed by atoms with Crippen molar-refractivity contribution in [3.8, 4) is 39.9 Å². The van der Waals surface area contributed by atoms with Crippen LogP contribution < -0.4 is 18.9 Å². The van der Waals surface area contributed by atoms with Gasteiger partial charge in [-0.25, -0.2) is 0 Å². The lowest BCUT2D eigenvalue weighted by Gasteiger charge is -2.18. The summed E-state index contributed by atoms with van der Waals surface area (Å²) in [5.41, 5.74) is 1.39. The van der Waals surface area contributed by atoms with Crippen molar-refractivity contribution in [1.82, 2.24) is 0 Å². The van der Waals surface area contributed by atoms with E-state index in [1.54, 1.807) is 40.6 Å². The van der Waals surface area contributed by atoms with Gasteiger partial charge in [0.2, 0.25) is 0 Å². The molecule has 0 aliphatic heterocycles. The van der Waals surface area contributed by atoms with Crippen LogP contribution in [0.1, 0.15) is 0 Å². The first-order chi connectivity index (χ1) is 12.2. The van der Waals surface area contributed by atoms with Crippen LogP contribution in [0.2, 0.25) is 0 Å². The van der Waals surface area contributed by atoms with Crippen LogP contribution in [0, 0.1) is 0 Å². The molecule has 3 aromatic carbocycles. The average molecular weight is 340 g/mol. The maximum Gasteiger partial charge on any atom is 0.135 e. The molecule has 0 aliphatic rings. The van der Waals surface area contributed by atoms with Gasteiger partial charge >= 0.3 is 0 Å². The number of aromatic hydroxyl groups is 1. The summed E-state index contributed by atoms with van der Waals surface area (Å²) in [4.78, 5) is 0. The van der Waals surface area contributed by atoms with Crippen molar-refractivity contribution in [3.63, 3.8) is 0 Å². The van der Waals surface area contributed by atoms with Gasteiger partial charge in [0.15, 0.2) is 0 Å². The molecule has 0 aliphatic carbocycles. The Labute approximate surface area is 146 Å². The van der Waals surface area contributed by atoms with E-state index in [1.165, 1.54) is 0 Å². The quantitative estimate of drug-likeness (QED) is 0.752. The Bertz CT molecular complexity index is 895. The van der Waals surface area contributed by atoms with Crippen molar-refractivity contribution in [2.45, 2.75) is 0 Å². The number of rotatable bonds is 5. The molecular weight excluding hydrogens is 320 g/mol. The number of methoxy groups -OCH3 is 4. The van der Waals surface area contributed by atoms with Crippen LogP contribution in [0.5, 0.6) is 28.7 Å². The third kappa shape index (κ3) is 2.67. The van der Waals surface area contributed by atoms with Crippen LogP contribution in [-0.2, 0) is 0 Å². The van der Waals surface area contributed by atoms with E-state index < -0.39 is 0 Å². The molecule has 1 N–H and O–H groups in total. The van der Waals surface area contributed by atoms with Gasteiger partial charge in [-0.15, -0.1) is 0 Å². The second kappa shape index (κ2) is 6.81. The number of hydrogen-bond acceptors (Lipinski definition) is 5. The third-order valence-electron chi connectivity index (χ3n) is 4.17. The minimum Gasteiger partial charge on any atom is -0.507 e. The zero-order chi connectivity index (χ0) is 18.0. The molecule has 0 unspecified atom stereocenters. The van der Waals surface area contributed by atoms with Crippen molar-refractivity contribution in [2.75, 3.05) is 28.4 Å². The highest BCUT2D eigenvalue weighted by molar-refractivity contribution is 6.03. The first-order valence-electron chi connectivity index (χ1n) is 7.74. The number of phenolic OH excluding ortho intramolecular Hbond substituents is 1. The lowest BCUT2D eigenvalue weighted by molar-refractivity contribution is 0.394. The summed E-state index contributed by atoms with van der Waals surface area (Å²) < 4.78 is 22.1. The lowest BCUT2D eigenvalue weighted by Crippen LogP contribution is -1.97. The van der Waals surface area contributed by atoms with Crippen molar-refractivity contribution < 1.29 is 24.1 Å². The zero-order valence-corrected chi connectivity index (χ0v) is 14.6. The maximum atomic E-state index is 10.7. The number of hydrogen-bond donors (Lipinski definition) is 1. The molecule has 3 aromatic rings. The molecule has 0 spiro atoms. The van der Waals surface area contributed by atoms with Gasteiger partial charge in [0.25, 0.3) is 0 Å². The highest BCUT2D eigenvalue weighted by atomic mass is 16.5. The second-order valence-electron chi connectivity index (χ2n) is 5.40. The second-order valence-corrected chi connectivity index (χ2v) is 5.40. The molecule has 5 nitrogen and oxygen atoms in total. The molecule has 0 fully saturated rings. The van der Waals surface area contributed by atoms with E-state index in [2.05, 4.69) is 0 Å². The Balaban J connectivity index is 2.44. The number of benzene rings is 3. The van der Waals surface area contributed by atoms with E-state index >= 15 is 0 Å². The molecule has 0 saturated carbocycles. The van der Waals surface area contributed by atoms with E-state index in [4.69, 9.17) is 18.9 Å². The molecule has 0 bridgehead atoms. The van der Waals surface area contributed by atoms with E-state index in [-0.39, 0.29) is 5.75 Å². The first-order valence-corrected chi connectivity index (χ1v) is 7.74. The topological polar surface area (TPSA) is 57.2 Å². The van der Waals surface area contributed by atoms with Crippen molar-refractivity contribution in [3.05, 3.63) is 42.5 Å². The number of ether oxygens (including phenoxy) is 4. The molecule has 5 heteroatoms. The molecule has 0 heterocycles. The maximum absolute atomic E-state index is 10.7. The molecule has 0 aromatic heterocycles. The highest BCUT2D eigenvalue weighted by Crippen LogP contribution is 2.49. The SMILES string of the molecule is COc1cccc(OC)c1-c1cc(O)c2c(OC)cccc2c1OC. The van der Waals surface area contributed by atoms with Crippen molar-refractivity contribution in [1.29, 1.82) is 0 Å². The average Bonchev–Trinajstić information content (AvgIpc) is 2.66. The fourth-order valence-corrected chi connectivity index (χ4v) is 3.10. The van der Waals surface area contributed by atoms with Crippen LogP contribution >= 0.6 is 0 Å². The van der Waals surface area contributed by atoms with Crippen LogP contribution in [0.4, 0.5) is 0 Å². The van der Waals surface area contributed by atoms with Crippen LogP contribution in [-0.4, -0.2) is 33.5 Å². The largest absolute Gasteiger partial charge is 0.507 e. The van der Waals surface area contributed by atoms with Crippen molar-refractivity contribution >= 4 is 10.8 Å². The predicted molar refractivity (Wildman–Crippen MR) is 97.3 cm³/mol. The Kier molecular flexibility index (Phi) is 4.57. The Hall–Kier alpha value is -3.08. The Morgan fingerprint density at radius 1 is 0.720 bits per heavy atom. The molecule has 0 atom stereocenters. The molecule has 3 rings (SSSR count). The summed E-state index contributed by atoms with van der Waals surface area (Å²) in [7, 11) is 6.35. The smallest absolute Gasteiger partial charge is 0.135 e. The van der Waals surface area contributed by atoms with Gasteiger partial charge in [-0.1, -0.05) is 18.2 Å². The minimum absolute atomic E-state index is 0.0937. The first kappa shape index (κ1) is 16.8. The molecular formula is C20H20O5. The van der Waals surface area contributed by atoms with Crippen LogP contribution in [0.25, 0.3) is 21.9 Å². The summed E-state index contributed by atoms with van der Waals surface area (Å²) in [6.45, 7) is 0. The standard InChI is InChI=1S/C20H20O5/c1-22-15-8-5-7-12-18(15)14(21)11-13(20(12)25-4)19-16(23-2)9-6-10-17(19)24-3/h5-11,21H,1-4H3. The predicted octanol–water partition coefficient (Wildman–Crippen LogP) is 4.25. The monoisotopic (exact) mass is 340 g/mol. The van der Waals surface area contributed by atoms with Crippen molar-refractivity contribution in [2.24, 2.45) is 0 Å². The molecule has 25 heavy (non-hydrogen) atoms. The van der Waals surface area contributed by atoms with Gasteiger partial charge in [-0.2, -0.15) is 0 Å². The lowest BCUT2D eigenvalue weighted by atomic mass is 9.96. The van der Waals surface area contributed by atoms with Gasteiger partial charge in [0, 0.05) is 10.9 Å². The Morgan fingerprint density at radius 3 is 1.84 bits per heavy atom. The summed E-state index contributed by atoms with van der Waals surface area (Å²) in [5, 5.41) is 12.0. The highest BCUT2D eigenvalue weighted by Gasteiger charge is 2.22. The van der Waals surface area contributed by atoms with E-state index in [0.717, 1.165) is 5.39 Å². The van der Waals surface area contributed by atoms with Gasteiger partial charge in [-0.3, -0.25) is 0 Å². The summed E-state index contributed by atoms with van der Waals surface area (Å²) >= 11 is 0. The molecule has 0 amide bonds. The fourth-order valence-electron chi connectivity index (χ4n) is 3.10. The Morgan fingerprint density at radius 2 is 1.28 bits per heavy atom. The summed E-state index contributed by atoms with van der Waals surface area (Å²) in [5.74, 6) is 2.52. The third-order valence-corrected chi connectivity index (χ3v) is 4.17. The van der Waals surface area contributed by atoms with Gasteiger partial charge in [0.05, 0.1) is 39.4 Å². The van der Waals surface area contributed by atoms with Gasteiger partial charge in [-0.05, 0) is 24.3 Å². The fraction of sp³-hybridized carbons (Fsp3) is 0.200. The summed E-state index contributed by atoms with van der Waals surface area (Å²) in [6, 6.07) is 12.7. The number of fused-ring (bicyclic) bond motifs is 1. The van der Waals surface area contributed by atoms with E-state index in [0.29, 0.717) is 39.5 Å². The molecule has 0 radical (unpaired) electrons. The van der Waals surface area contributed by atoms with E-state index in [1.807, 2.05) is 30.3 Å². The molecule has 0 saturated heterocycles. The van der Waals surface area contributed by atoms with Gasteiger partial charge in [0.1, 0.15) is 28.7 Å². The zero-order valence-electron chi connectivity index (χ0n) is 14.6. The number of phenols is 1. The molecule has 130 valence electrons.